The van der Waals surface area contributed by atoms with Gasteiger partial charge < -0.3 is 15.5 Å². The predicted octanol–water partition coefficient (Wildman–Crippen LogP) is -0.498. The van der Waals surface area contributed by atoms with Crippen LogP contribution in [0.25, 0.3) is 0 Å². The molecule has 0 aromatic carbocycles. The standard InChI is InChI=1S/C8H17NO3/c1-3-7(5-10)8(12)9-4-6(2)11/h6-7,10-11H,3-5H2,1-2H3,(H,9,12). The van der Waals surface area contributed by atoms with Crippen LogP contribution in [0.5, 0.6) is 0 Å². The van der Waals surface area contributed by atoms with Crippen LogP contribution in [0.3, 0.4) is 0 Å². The number of carbonyl (C=O) groups excluding carboxylic acids is 1. The molecule has 0 saturated heterocycles. The summed E-state index contributed by atoms with van der Waals surface area (Å²) in [6.45, 7) is 3.54. The quantitative estimate of drug-likeness (QED) is 0.527. The second-order valence-corrected chi connectivity index (χ2v) is 2.88. The maximum atomic E-state index is 11.1. The number of carbonyl (C=O) groups is 1. The molecule has 4 heteroatoms. The first kappa shape index (κ1) is 11.4. The van der Waals surface area contributed by atoms with Crippen LogP contribution in [0.2, 0.25) is 0 Å². The third-order valence-corrected chi connectivity index (χ3v) is 1.66. The van der Waals surface area contributed by atoms with E-state index >= 15 is 0 Å². The van der Waals surface area contributed by atoms with Gasteiger partial charge >= 0.3 is 0 Å². The van der Waals surface area contributed by atoms with Crippen LogP contribution in [0, 0.1) is 5.92 Å². The molecular formula is C8H17NO3. The zero-order valence-electron chi connectivity index (χ0n) is 7.58. The highest BCUT2D eigenvalue weighted by Gasteiger charge is 2.14. The average molecular weight is 175 g/mol. The Labute approximate surface area is 72.6 Å². The second kappa shape index (κ2) is 5.97. The molecule has 3 N–H and O–H groups in total. The number of amides is 1. The van der Waals surface area contributed by atoms with E-state index in [1.165, 1.54) is 0 Å². The van der Waals surface area contributed by atoms with Gasteiger partial charge in [0.15, 0.2) is 0 Å². The molecule has 0 saturated carbocycles. The van der Waals surface area contributed by atoms with E-state index in [0.717, 1.165) is 0 Å². The van der Waals surface area contributed by atoms with Gasteiger partial charge in [0, 0.05) is 6.54 Å². The van der Waals surface area contributed by atoms with E-state index in [4.69, 9.17) is 10.2 Å². The maximum Gasteiger partial charge on any atom is 0.225 e. The Balaban J connectivity index is 3.69. The molecule has 1 amide bonds. The van der Waals surface area contributed by atoms with Crippen LogP contribution in [-0.4, -0.2) is 35.4 Å². The lowest BCUT2D eigenvalue weighted by atomic mass is 10.1. The summed E-state index contributed by atoms with van der Waals surface area (Å²) in [5.74, 6) is -0.537. The molecule has 0 spiro atoms. The summed E-state index contributed by atoms with van der Waals surface area (Å²) in [5.41, 5.74) is 0. The number of hydrogen-bond acceptors (Lipinski definition) is 3. The number of aliphatic hydroxyl groups excluding tert-OH is 2. The fraction of sp³-hybridized carbons (Fsp3) is 0.875. The van der Waals surface area contributed by atoms with Gasteiger partial charge in [0.05, 0.1) is 18.6 Å². The van der Waals surface area contributed by atoms with Gasteiger partial charge in [-0.05, 0) is 13.3 Å². The average Bonchev–Trinajstić information content (AvgIpc) is 2.03. The van der Waals surface area contributed by atoms with Crippen LogP contribution in [0.4, 0.5) is 0 Å². The van der Waals surface area contributed by atoms with E-state index < -0.39 is 6.10 Å². The first-order valence-corrected chi connectivity index (χ1v) is 4.18. The minimum Gasteiger partial charge on any atom is -0.396 e. The molecule has 0 aliphatic heterocycles. The van der Waals surface area contributed by atoms with Crippen LogP contribution in [0.1, 0.15) is 20.3 Å². The van der Waals surface area contributed by atoms with Crippen LogP contribution in [-0.2, 0) is 4.79 Å². The van der Waals surface area contributed by atoms with Crippen molar-refractivity contribution in [3.63, 3.8) is 0 Å². The lowest BCUT2D eigenvalue weighted by Crippen LogP contribution is -2.36. The van der Waals surface area contributed by atoms with E-state index in [-0.39, 0.29) is 25.0 Å². The molecule has 0 aliphatic carbocycles. The smallest absolute Gasteiger partial charge is 0.225 e. The highest BCUT2D eigenvalue weighted by molar-refractivity contribution is 5.78. The molecule has 0 heterocycles. The van der Waals surface area contributed by atoms with Gasteiger partial charge in [-0.25, -0.2) is 0 Å². The van der Waals surface area contributed by atoms with E-state index in [2.05, 4.69) is 5.32 Å². The topological polar surface area (TPSA) is 69.6 Å². The fourth-order valence-electron chi connectivity index (χ4n) is 0.790. The van der Waals surface area contributed by atoms with Crippen molar-refractivity contribution >= 4 is 5.91 Å². The number of aliphatic hydroxyl groups is 2. The molecule has 12 heavy (non-hydrogen) atoms. The molecule has 72 valence electrons. The Hall–Kier alpha value is -0.610. The third kappa shape index (κ3) is 4.31. The Morgan fingerprint density at radius 1 is 1.58 bits per heavy atom. The lowest BCUT2D eigenvalue weighted by molar-refractivity contribution is -0.126. The Morgan fingerprint density at radius 2 is 2.17 bits per heavy atom. The van der Waals surface area contributed by atoms with Crippen molar-refractivity contribution in [1.82, 2.24) is 5.32 Å². The van der Waals surface area contributed by atoms with Crippen LogP contribution in [0.15, 0.2) is 0 Å². The molecule has 0 aliphatic rings. The number of rotatable bonds is 5. The van der Waals surface area contributed by atoms with Gasteiger partial charge in [-0.2, -0.15) is 0 Å². The van der Waals surface area contributed by atoms with Crippen molar-refractivity contribution in [2.75, 3.05) is 13.2 Å². The molecule has 0 radical (unpaired) electrons. The van der Waals surface area contributed by atoms with Crippen LogP contribution < -0.4 is 5.32 Å². The Kier molecular flexibility index (Phi) is 5.66. The van der Waals surface area contributed by atoms with E-state index in [1.54, 1.807) is 6.92 Å². The molecule has 2 unspecified atom stereocenters. The monoisotopic (exact) mass is 175 g/mol. The summed E-state index contributed by atoms with van der Waals surface area (Å²) in [4.78, 5) is 11.1. The summed E-state index contributed by atoms with van der Waals surface area (Å²) >= 11 is 0. The van der Waals surface area contributed by atoms with Gasteiger partial charge in [-0.3, -0.25) is 4.79 Å². The van der Waals surface area contributed by atoms with Gasteiger partial charge in [0.25, 0.3) is 0 Å². The van der Waals surface area contributed by atoms with Crippen molar-refractivity contribution in [3.05, 3.63) is 0 Å². The first-order chi connectivity index (χ1) is 5.61. The predicted molar refractivity (Wildman–Crippen MR) is 45.6 cm³/mol. The van der Waals surface area contributed by atoms with Crippen molar-refractivity contribution in [1.29, 1.82) is 0 Å². The highest BCUT2D eigenvalue weighted by atomic mass is 16.3. The van der Waals surface area contributed by atoms with Crippen LogP contribution >= 0.6 is 0 Å². The molecule has 0 fully saturated rings. The first-order valence-electron chi connectivity index (χ1n) is 4.18. The molecule has 0 rings (SSSR count). The van der Waals surface area contributed by atoms with E-state index in [0.29, 0.717) is 6.42 Å². The second-order valence-electron chi connectivity index (χ2n) is 2.88. The molecule has 0 bridgehead atoms. The minimum atomic E-state index is -0.537. The normalized spacial score (nSPS) is 15.3. The van der Waals surface area contributed by atoms with Crippen molar-refractivity contribution in [2.24, 2.45) is 5.92 Å². The summed E-state index contributed by atoms with van der Waals surface area (Å²) in [6, 6.07) is 0. The van der Waals surface area contributed by atoms with Crippen molar-refractivity contribution in [3.8, 4) is 0 Å². The van der Waals surface area contributed by atoms with Gasteiger partial charge in [0.2, 0.25) is 5.91 Å². The largest absolute Gasteiger partial charge is 0.396 e. The summed E-state index contributed by atoms with van der Waals surface area (Å²) < 4.78 is 0. The van der Waals surface area contributed by atoms with E-state index in [1.807, 2.05) is 6.92 Å². The Morgan fingerprint density at radius 3 is 2.50 bits per heavy atom. The zero-order valence-corrected chi connectivity index (χ0v) is 7.58. The molecular weight excluding hydrogens is 158 g/mol. The SMILES string of the molecule is CCC(CO)C(=O)NCC(C)O. The molecule has 0 aromatic heterocycles. The molecule has 4 nitrogen and oxygen atoms in total. The summed E-state index contributed by atoms with van der Waals surface area (Å²) in [7, 11) is 0. The van der Waals surface area contributed by atoms with Crippen molar-refractivity contribution < 1.29 is 15.0 Å². The molecule has 2 atom stereocenters. The summed E-state index contributed by atoms with van der Waals surface area (Å²) in [5, 5.41) is 20.1. The number of nitrogens with one attached hydrogen (secondary N) is 1. The third-order valence-electron chi connectivity index (χ3n) is 1.66. The molecule has 0 aromatic rings. The summed E-state index contributed by atoms with van der Waals surface area (Å²) in [6.07, 6.45) is 0.0763. The van der Waals surface area contributed by atoms with E-state index in [9.17, 15) is 4.79 Å². The number of hydrogen-bond donors (Lipinski definition) is 3. The van der Waals surface area contributed by atoms with Gasteiger partial charge in [0.1, 0.15) is 0 Å². The zero-order chi connectivity index (χ0) is 9.56. The lowest BCUT2D eigenvalue weighted by Gasteiger charge is -2.12. The fourth-order valence-corrected chi connectivity index (χ4v) is 0.790. The maximum absolute atomic E-state index is 11.1. The van der Waals surface area contributed by atoms with Gasteiger partial charge in [-0.15, -0.1) is 0 Å². The minimum absolute atomic E-state index is 0.137. The van der Waals surface area contributed by atoms with Crippen molar-refractivity contribution in [2.45, 2.75) is 26.4 Å². The Bertz CT molecular complexity index is 132. The van der Waals surface area contributed by atoms with Gasteiger partial charge in [-0.1, -0.05) is 6.92 Å². The highest BCUT2D eigenvalue weighted by Crippen LogP contribution is 2.00.